The van der Waals surface area contributed by atoms with Crippen LogP contribution in [0.15, 0.2) is 28.1 Å². The predicted molar refractivity (Wildman–Crippen MR) is 80.8 cm³/mol. The normalized spacial score (nSPS) is 10.6. The largest absolute Gasteiger partial charge is 0.378 e. The molecule has 1 heterocycles. The van der Waals surface area contributed by atoms with Crippen molar-refractivity contribution in [3.63, 3.8) is 0 Å². The maximum absolute atomic E-state index is 6.07. The topological polar surface area (TPSA) is 12.0 Å². The molecular formula is C11H7BrCl3NS. The van der Waals surface area contributed by atoms with Gasteiger partial charge in [0.25, 0.3) is 0 Å². The Bertz CT molecular complexity index is 518. The number of nitrogens with one attached hydrogen (secondary N) is 1. The lowest BCUT2D eigenvalue weighted by molar-refractivity contribution is 1.19. The zero-order chi connectivity index (χ0) is 12.4. The molecule has 0 fully saturated rings. The molecule has 1 N–H and O–H groups in total. The average molecular weight is 372 g/mol. The monoisotopic (exact) mass is 369 g/mol. The van der Waals surface area contributed by atoms with Crippen molar-refractivity contribution in [1.82, 2.24) is 0 Å². The van der Waals surface area contributed by atoms with Crippen LogP contribution in [0.4, 0.5) is 5.69 Å². The van der Waals surface area contributed by atoms with E-state index in [1.165, 1.54) is 4.88 Å². The highest BCUT2D eigenvalue weighted by atomic mass is 79.9. The smallest absolute Gasteiger partial charge is 0.0722 e. The second-order valence-corrected chi connectivity index (χ2v) is 7.10. The molecule has 0 aliphatic rings. The van der Waals surface area contributed by atoms with Crippen molar-refractivity contribution < 1.29 is 0 Å². The first-order chi connectivity index (χ1) is 8.06. The Morgan fingerprint density at radius 2 is 1.76 bits per heavy atom. The molecule has 0 saturated heterocycles. The van der Waals surface area contributed by atoms with E-state index < -0.39 is 0 Å². The molecule has 0 spiro atoms. The summed E-state index contributed by atoms with van der Waals surface area (Å²) < 4.78 is 1.10. The molecule has 0 unspecified atom stereocenters. The van der Waals surface area contributed by atoms with Crippen molar-refractivity contribution in [3.8, 4) is 0 Å². The quantitative estimate of drug-likeness (QED) is 0.689. The van der Waals surface area contributed by atoms with Crippen LogP contribution >= 0.6 is 62.1 Å². The molecule has 6 heteroatoms. The van der Waals surface area contributed by atoms with Gasteiger partial charge in [-0.2, -0.15) is 0 Å². The van der Waals surface area contributed by atoms with Crippen LogP contribution in [0.1, 0.15) is 4.88 Å². The fourth-order valence-electron chi connectivity index (χ4n) is 1.33. The minimum absolute atomic E-state index is 0.526. The molecule has 0 saturated carbocycles. The van der Waals surface area contributed by atoms with Crippen LogP contribution in [-0.2, 0) is 6.54 Å². The van der Waals surface area contributed by atoms with Gasteiger partial charge in [-0.15, -0.1) is 11.3 Å². The van der Waals surface area contributed by atoms with Crippen molar-refractivity contribution in [3.05, 3.63) is 48.0 Å². The van der Waals surface area contributed by atoms with Gasteiger partial charge in [-0.25, -0.2) is 0 Å². The Labute approximate surface area is 127 Å². The van der Waals surface area contributed by atoms with Crippen LogP contribution in [-0.4, -0.2) is 0 Å². The molecule has 2 aromatic rings. The van der Waals surface area contributed by atoms with Crippen molar-refractivity contribution in [2.45, 2.75) is 6.54 Å². The summed E-state index contributed by atoms with van der Waals surface area (Å²) in [4.78, 5) is 1.19. The van der Waals surface area contributed by atoms with E-state index in [1.807, 2.05) is 12.1 Å². The van der Waals surface area contributed by atoms with Crippen LogP contribution < -0.4 is 5.32 Å². The van der Waals surface area contributed by atoms with Gasteiger partial charge in [-0.05, 0) is 40.2 Å². The van der Waals surface area contributed by atoms with Gasteiger partial charge in [0, 0.05) is 16.4 Å². The second kappa shape index (κ2) is 5.81. The minimum Gasteiger partial charge on any atom is -0.378 e. The third kappa shape index (κ3) is 3.52. The number of rotatable bonds is 3. The van der Waals surface area contributed by atoms with E-state index in [0.717, 1.165) is 3.79 Å². The lowest BCUT2D eigenvalue weighted by Crippen LogP contribution is -1.98. The maximum Gasteiger partial charge on any atom is 0.0722 e. The summed E-state index contributed by atoms with van der Waals surface area (Å²) in [5, 5.41) is 4.79. The van der Waals surface area contributed by atoms with E-state index in [2.05, 4.69) is 21.2 Å². The molecule has 0 atom stereocenters. The Kier molecular flexibility index (Phi) is 4.61. The first-order valence-corrected chi connectivity index (χ1v) is 7.43. The van der Waals surface area contributed by atoms with E-state index >= 15 is 0 Å². The Balaban J connectivity index is 2.14. The molecule has 0 radical (unpaired) electrons. The lowest BCUT2D eigenvalue weighted by Gasteiger charge is -2.09. The Morgan fingerprint density at radius 3 is 2.29 bits per heavy atom. The van der Waals surface area contributed by atoms with Crippen LogP contribution in [0, 0.1) is 0 Å². The molecule has 0 bridgehead atoms. The zero-order valence-corrected chi connectivity index (χ0v) is 13.1. The van der Waals surface area contributed by atoms with Crippen LogP contribution in [0.5, 0.6) is 0 Å². The molecule has 90 valence electrons. The highest BCUT2D eigenvalue weighted by molar-refractivity contribution is 9.11. The fraction of sp³-hybridized carbons (Fsp3) is 0.0909. The molecule has 0 amide bonds. The number of thiophene rings is 1. The van der Waals surface area contributed by atoms with Crippen molar-refractivity contribution >= 4 is 67.8 Å². The fourth-order valence-corrected chi connectivity index (χ4v) is 3.71. The van der Waals surface area contributed by atoms with Gasteiger partial charge in [0.2, 0.25) is 0 Å². The van der Waals surface area contributed by atoms with E-state index in [0.29, 0.717) is 27.3 Å². The van der Waals surface area contributed by atoms with Gasteiger partial charge in [0.05, 0.1) is 19.5 Å². The van der Waals surface area contributed by atoms with E-state index in [-0.39, 0.29) is 0 Å². The molecular weight excluding hydrogens is 364 g/mol. The van der Waals surface area contributed by atoms with Gasteiger partial charge in [-0.3, -0.25) is 0 Å². The molecule has 1 aromatic carbocycles. The molecule has 0 aliphatic carbocycles. The first kappa shape index (κ1) is 13.5. The number of hydrogen-bond acceptors (Lipinski definition) is 2. The average Bonchev–Trinajstić information content (AvgIpc) is 2.62. The van der Waals surface area contributed by atoms with Crippen molar-refractivity contribution in [2.75, 3.05) is 5.32 Å². The molecule has 17 heavy (non-hydrogen) atoms. The molecule has 0 aliphatic heterocycles. The summed E-state index contributed by atoms with van der Waals surface area (Å²) in [5.41, 5.74) is 0.710. The zero-order valence-electron chi connectivity index (χ0n) is 8.44. The minimum atomic E-state index is 0.526. The van der Waals surface area contributed by atoms with E-state index in [9.17, 15) is 0 Å². The second-order valence-electron chi connectivity index (χ2n) is 3.30. The first-order valence-electron chi connectivity index (χ1n) is 4.69. The number of anilines is 1. The van der Waals surface area contributed by atoms with Crippen LogP contribution in [0.25, 0.3) is 0 Å². The Morgan fingerprint density at radius 1 is 1.12 bits per heavy atom. The number of hydrogen-bond donors (Lipinski definition) is 1. The summed E-state index contributed by atoms with van der Waals surface area (Å²) in [5.74, 6) is 0. The lowest BCUT2D eigenvalue weighted by atomic mass is 10.3. The highest BCUT2D eigenvalue weighted by Gasteiger charge is 2.07. The Hall–Kier alpha value is 0.0700. The van der Waals surface area contributed by atoms with Crippen LogP contribution in [0.2, 0.25) is 15.1 Å². The van der Waals surface area contributed by atoms with E-state index in [4.69, 9.17) is 34.8 Å². The van der Waals surface area contributed by atoms with E-state index in [1.54, 1.807) is 23.5 Å². The van der Waals surface area contributed by atoms with Gasteiger partial charge >= 0.3 is 0 Å². The third-order valence-electron chi connectivity index (χ3n) is 2.08. The standard InChI is InChI=1S/C11H7BrCl3NS/c12-10-2-1-7(17-10)5-16-11-8(14)3-6(13)4-9(11)15/h1-4,16H,5H2. The van der Waals surface area contributed by atoms with Gasteiger partial charge in [-0.1, -0.05) is 34.8 Å². The molecule has 2 rings (SSSR count). The summed E-state index contributed by atoms with van der Waals surface area (Å²) in [6.07, 6.45) is 0. The van der Waals surface area contributed by atoms with Gasteiger partial charge in [0.1, 0.15) is 0 Å². The molecule has 1 nitrogen and oxygen atoms in total. The number of benzene rings is 1. The third-order valence-corrected chi connectivity index (χ3v) is 4.51. The highest BCUT2D eigenvalue weighted by Crippen LogP contribution is 2.34. The predicted octanol–water partition coefficient (Wildman–Crippen LogP) is 6.08. The summed E-state index contributed by atoms with van der Waals surface area (Å²) in [7, 11) is 0. The van der Waals surface area contributed by atoms with Crippen LogP contribution in [0.3, 0.4) is 0 Å². The summed E-state index contributed by atoms with van der Waals surface area (Å²) in [6.45, 7) is 0.678. The summed E-state index contributed by atoms with van der Waals surface area (Å²) >= 11 is 23.1. The van der Waals surface area contributed by atoms with Crippen molar-refractivity contribution in [2.24, 2.45) is 0 Å². The summed E-state index contributed by atoms with van der Waals surface area (Å²) in [6, 6.07) is 7.38. The maximum atomic E-state index is 6.07. The molecule has 1 aromatic heterocycles. The SMILES string of the molecule is Clc1cc(Cl)c(NCc2ccc(Br)s2)c(Cl)c1. The number of halogens is 4. The van der Waals surface area contributed by atoms with Crippen molar-refractivity contribution in [1.29, 1.82) is 0 Å². The van der Waals surface area contributed by atoms with Gasteiger partial charge < -0.3 is 5.32 Å². The van der Waals surface area contributed by atoms with Gasteiger partial charge in [0.15, 0.2) is 0 Å².